The number of hydrogen-bond donors (Lipinski definition) is 1. The Bertz CT molecular complexity index is 696. The number of rotatable bonds is 1. The van der Waals surface area contributed by atoms with Crippen LogP contribution in [-0.2, 0) is 7.05 Å². The van der Waals surface area contributed by atoms with Gasteiger partial charge in [-0.05, 0) is 24.6 Å². The molecule has 0 aliphatic carbocycles. The molecule has 0 amide bonds. The second kappa shape index (κ2) is 3.35. The van der Waals surface area contributed by atoms with Crippen LogP contribution in [0.1, 0.15) is 5.69 Å². The maximum absolute atomic E-state index is 5.92. The van der Waals surface area contributed by atoms with Gasteiger partial charge >= 0.3 is 0 Å². The molecule has 0 saturated carbocycles. The largest absolute Gasteiger partial charge is 0.443 e. The molecule has 0 saturated heterocycles. The molecule has 0 aliphatic heterocycles. The Labute approximate surface area is 97.9 Å². The zero-order valence-corrected chi connectivity index (χ0v) is 9.64. The van der Waals surface area contributed by atoms with Crippen molar-refractivity contribution in [2.45, 2.75) is 6.92 Å². The summed E-state index contributed by atoms with van der Waals surface area (Å²) in [6.45, 7) is 1.99. The fraction of sp³-hybridized carbons (Fsp3) is 0.167. The van der Waals surface area contributed by atoms with Crippen LogP contribution in [0.5, 0.6) is 0 Å². The van der Waals surface area contributed by atoms with E-state index in [1.807, 2.05) is 32.2 Å². The highest BCUT2D eigenvalue weighted by molar-refractivity contribution is 5.84. The van der Waals surface area contributed by atoms with E-state index in [9.17, 15) is 0 Å². The maximum atomic E-state index is 5.92. The highest BCUT2D eigenvalue weighted by atomic mass is 16.3. The molecular formula is C12H12N4O. The van der Waals surface area contributed by atoms with Crippen LogP contribution in [-0.4, -0.2) is 14.8 Å². The predicted octanol–water partition coefficient (Wildman–Crippen LogP) is 2.12. The summed E-state index contributed by atoms with van der Waals surface area (Å²) < 4.78 is 7.06. The van der Waals surface area contributed by atoms with Crippen molar-refractivity contribution < 1.29 is 4.42 Å². The molecule has 0 unspecified atom stereocenters. The second-order valence-electron chi connectivity index (χ2n) is 4.00. The number of nitrogens with zero attached hydrogens (tertiary/aromatic N) is 3. The molecule has 1 aromatic carbocycles. The van der Waals surface area contributed by atoms with Crippen molar-refractivity contribution in [1.82, 2.24) is 14.8 Å². The number of fused-ring (bicyclic) bond motifs is 1. The van der Waals surface area contributed by atoms with Crippen molar-refractivity contribution in [1.29, 1.82) is 0 Å². The van der Waals surface area contributed by atoms with Crippen molar-refractivity contribution >= 4 is 16.9 Å². The standard InChI is InChI=1S/C12H12N4O/c1-7-11(12(13)15-16(7)2)8-3-4-9-10(5-8)17-6-14-9/h3-6H,1-2H3,(H2,13,15). The number of hydrogen-bond acceptors (Lipinski definition) is 4. The number of nitrogens with two attached hydrogens (primary N) is 1. The van der Waals surface area contributed by atoms with Crippen LogP contribution in [0.4, 0.5) is 5.82 Å². The van der Waals surface area contributed by atoms with E-state index in [0.717, 1.165) is 27.9 Å². The molecule has 5 nitrogen and oxygen atoms in total. The highest BCUT2D eigenvalue weighted by Crippen LogP contribution is 2.30. The summed E-state index contributed by atoms with van der Waals surface area (Å²) in [5, 5.41) is 4.20. The van der Waals surface area contributed by atoms with E-state index in [2.05, 4.69) is 10.1 Å². The molecule has 2 N–H and O–H groups in total. The highest BCUT2D eigenvalue weighted by Gasteiger charge is 2.13. The first-order valence-electron chi connectivity index (χ1n) is 5.29. The van der Waals surface area contributed by atoms with Gasteiger partial charge in [-0.3, -0.25) is 4.68 Å². The van der Waals surface area contributed by atoms with Gasteiger partial charge in [-0.1, -0.05) is 6.07 Å². The van der Waals surface area contributed by atoms with Crippen LogP contribution >= 0.6 is 0 Å². The third-order valence-corrected chi connectivity index (χ3v) is 2.98. The first kappa shape index (κ1) is 9.89. The summed E-state index contributed by atoms with van der Waals surface area (Å²) in [7, 11) is 1.88. The molecule has 17 heavy (non-hydrogen) atoms. The molecule has 0 aliphatic rings. The Kier molecular flexibility index (Phi) is 1.95. The lowest BCUT2D eigenvalue weighted by atomic mass is 10.1. The zero-order valence-electron chi connectivity index (χ0n) is 9.64. The average molecular weight is 228 g/mol. The molecular weight excluding hydrogens is 216 g/mol. The summed E-state index contributed by atoms with van der Waals surface area (Å²) in [6, 6.07) is 5.83. The summed E-state index contributed by atoms with van der Waals surface area (Å²) in [5.41, 5.74) is 10.5. The minimum atomic E-state index is 0.531. The number of aromatic nitrogens is 3. The van der Waals surface area contributed by atoms with Crippen LogP contribution < -0.4 is 5.73 Å². The molecule has 86 valence electrons. The number of oxazole rings is 1. The summed E-state index contributed by atoms with van der Waals surface area (Å²) >= 11 is 0. The lowest BCUT2D eigenvalue weighted by Gasteiger charge is -2.01. The van der Waals surface area contributed by atoms with Crippen LogP contribution in [0.2, 0.25) is 0 Å². The lowest BCUT2D eigenvalue weighted by Crippen LogP contribution is -1.93. The summed E-state index contributed by atoms with van der Waals surface area (Å²) in [4.78, 5) is 4.08. The van der Waals surface area contributed by atoms with Crippen LogP contribution in [0.25, 0.3) is 22.2 Å². The minimum absolute atomic E-state index is 0.531. The first-order chi connectivity index (χ1) is 8.16. The van der Waals surface area contributed by atoms with Crippen LogP contribution in [0.3, 0.4) is 0 Å². The van der Waals surface area contributed by atoms with Gasteiger partial charge in [0.2, 0.25) is 0 Å². The predicted molar refractivity (Wildman–Crippen MR) is 65.4 cm³/mol. The Morgan fingerprint density at radius 3 is 2.88 bits per heavy atom. The van der Waals surface area contributed by atoms with Gasteiger partial charge in [-0.2, -0.15) is 5.10 Å². The normalized spacial score (nSPS) is 11.2. The molecule has 0 bridgehead atoms. The number of aryl methyl sites for hydroxylation is 1. The fourth-order valence-corrected chi connectivity index (χ4v) is 2.00. The monoisotopic (exact) mass is 228 g/mol. The lowest BCUT2D eigenvalue weighted by molar-refractivity contribution is 0.602. The maximum Gasteiger partial charge on any atom is 0.181 e. The van der Waals surface area contributed by atoms with E-state index >= 15 is 0 Å². The Morgan fingerprint density at radius 2 is 2.18 bits per heavy atom. The smallest absolute Gasteiger partial charge is 0.181 e. The van der Waals surface area contributed by atoms with Crippen LogP contribution in [0, 0.1) is 6.92 Å². The molecule has 3 aromatic rings. The molecule has 0 fully saturated rings. The zero-order chi connectivity index (χ0) is 12.0. The summed E-state index contributed by atoms with van der Waals surface area (Å²) in [5.74, 6) is 0.531. The van der Waals surface area contributed by atoms with Gasteiger partial charge in [0, 0.05) is 18.3 Å². The van der Waals surface area contributed by atoms with Gasteiger partial charge in [-0.15, -0.1) is 0 Å². The van der Waals surface area contributed by atoms with E-state index in [4.69, 9.17) is 10.2 Å². The third kappa shape index (κ3) is 1.39. The van der Waals surface area contributed by atoms with Crippen molar-refractivity contribution in [2.75, 3.05) is 5.73 Å². The molecule has 2 heterocycles. The number of anilines is 1. The molecule has 5 heteroatoms. The van der Waals surface area contributed by atoms with E-state index in [-0.39, 0.29) is 0 Å². The van der Waals surface area contributed by atoms with Gasteiger partial charge in [0.1, 0.15) is 5.52 Å². The van der Waals surface area contributed by atoms with Gasteiger partial charge in [0.25, 0.3) is 0 Å². The Morgan fingerprint density at radius 1 is 1.35 bits per heavy atom. The Balaban J connectivity index is 2.26. The van der Waals surface area contributed by atoms with Gasteiger partial charge in [0.05, 0.1) is 0 Å². The quantitative estimate of drug-likeness (QED) is 0.692. The van der Waals surface area contributed by atoms with E-state index in [1.54, 1.807) is 4.68 Å². The molecule has 0 atom stereocenters. The fourth-order valence-electron chi connectivity index (χ4n) is 2.00. The van der Waals surface area contributed by atoms with Crippen molar-refractivity contribution in [3.05, 3.63) is 30.3 Å². The van der Waals surface area contributed by atoms with Crippen molar-refractivity contribution in [2.24, 2.45) is 7.05 Å². The van der Waals surface area contributed by atoms with Crippen LogP contribution in [0.15, 0.2) is 29.0 Å². The minimum Gasteiger partial charge on any atom is -0.443 e. The van der Waals surface area contributed by atoms with E-state index < -0.39 is 0 Å². The van der Waals surface area contributed by atoms with E-state index in [0.29, 0.717) is 5.82 Å². The molecule has 0 radical (unpaired) electrons. The van der Waals surface area contributed by atoms with Gasteiger partial charge < -0.3 is 10.2 Å². The number of nitrogen functional groups attached to an aromatic ring is 1. The van der Waals surface area contributed by atoms with Gasteiger partial charge in [0.15, 0.2) is 17.8 Å². The van der Waals surface area contributed by atoms with Crippen molar-refractivity contribution in [3.63, 3.8) is 0 Å². The third-order valence-electron chi connectivity index (χ3n) is 2.98. The van der Waals surface area contributed by atoms with E-state index in [1.165, 1.54) is 6.39 Å². The molecule has 3 rings (SSSR count). The topological polar surface area (TPSA) is 69.9 Å². The van der Waals surface area contributed by atoms with Crippen molar-refractivity contribution in [3.8, 4) is 11.1 Å². The second-order valence-corrected chi connectivity index (χ2v) is 4.00. The summed E-state index contributed by atoms with van der Waals surface area (Å²) in [6.07, 6.45) is 1.44. The molecule has 2 aromatic heterocycles. The number of benzene rings is 1. The Hall–Kier alpha value is -2.30. The first-order valence-corrected chi connectivity index (χ1v) is 5.29. The molecule has 0 spiro atoms. The van der Waals surface area contributed by atoms with Gasteiger partial charge in [-0.25, -0.2) is 4.98 Å². The average Bonchev–Trinajstić information content (AvgIpc) is 2.84. The SMILES string of the molecule is Cc1c(-c2ccc3ncoc3c2)c(N)nn1C.